The highest BCUT2D eigenvalue weighted by Gasteiger charge is 2.17. The maximum absolute atomic E-state index is 12.9. The monoisotopic (exact) mass is 345 g/mol. The van der Waals surface area contributed by atoms with Crippen molar-refractivity contribution >= 4 is 28.2 Å². The quantitative estimate of drug-likeness (QED) is 0.662. The second-order valence-electron chi connectivity index (χ2n) is 6.17. The molecule has 2 aromatic rings. The lowest BCUT2D eigenvalue weighted by molar-refractivity contribution is 0.203. The van der Waals surface area contributed by atoms with E-state index in [1.54, 1.807) is 7.11 Å². The van der Waals surface area contributed by atoms with Crippen molar-refractivity contribution in [2.24, 2.45) is 0 Å². The van der Waals surface area contributed by atoms with Crippen molar-refractivity contribution in [3.8, 4) is 0 Å². The van der Waals surface area contributed by atoms with Crippen molar-refractivity contribution in [1.82, 2.24) is 14.8 Å². The van der Waals surface area contributed by atoms with Crippen molar-refractivity contribution in [2.75, 3.05) is 27.3 Å². The molecule has 5 nitrogen and oxygen atoms in total. The standard InChI is InChI=1S/C18H23N3O2S/c1-20(18(24)19-8-10-23-2)12-15-11-14-6-3-5-13-7-4-9-21(16(13)14)17(15)22/h3,5-6,11H,4,7-10,12H2,1-2H3,(H,19,24). The number of rotatable bonds is 5. The Kier molecular flexibility index (Phi) is 5.16. The molecule has 0 fully saturated rings. The summed E-state index contributed by atoms with van der Waals surface area (Å²) in [5.74, 6) is 0. The molecule has 1 aliphatic rings. The number of thiocarbonyl (C=S) groups is 1. The SMILES string of the molecule is COCCNC(=S)N(C)Cc1cc2cccc3c2n(c1=O)CCC3. The molecule has 0 spiro atoms. The second kappa shape index (κ2) is 7.32. The lowest BCUT2D eigenvalue weighted by Crippen LogP contribution is -2.39. The molecule has 0 saturated heterocycles. The summed E-state index contributed by atoms with van der Waals surface area (Å²) < 4.78 is 6.94. The maximum atomic E-state index is 12.9. The first kappa shape index (κ1) is 16.9. The Morgan fingerprint density at radius 3 is 3.08 bits per heavy atom. The molecule has 3 rings (SSSR count). The molecule has 1 N–H and O–H groups in total. The summed E-state index contributed by atoms with van der Waals surface area (Å²) in [5.41, 5.74) is 3.24. The number of para-hydroxylation sites is 1. The summed E-state index contributed by atoms with van der Waals surface area (Å²) in [6.45, 7) is 2.54. The van der Waals surface area contributed by atoms with E-state index in [-0.39, 0.29) is 5.56 Å². The van der Waals surface area contributed by atoms with Gasteiger partial charge >= 0.3 is 0 Å². The average Bonchev–Trinajstić information content (AvgIpc) is 2.59. The Labute approximate surface area is 147 Å². The van der Waals surface area contributed by atoms with E-state index < -0.39 is 0 Å². The van der Waals surface area contributed by atoms with Gasteiger partial charge in [0.05, 0.1) is 18.7 Å². The van der Waals surface area contributed by atoms with E-state index in [4.69, 9.17) is 17.0 Å². The Balaban J connectivity index is 1.87. The van der Waals surface area contributed by atoms with Gasteiger partial charge in [0.1, 0.15) is 0 Å². The molecule has 2 heterocycles. The average molecular weight is 345 g/mol. The van der Waals surface area contributed by atoms with Crippen LogP contribution in [0, 0.1) is 0 Å². The van der Waals surface area contributed by atoms with Crippen LogP contribution in [0.3, 0.4) is 0 Å². The van der Waals surface area contributed by atoms with Crippen LogP contribution in [0.2, 0.25) is 0 Å². The first-order chi connectivity index (χ1) is 11.6. The van der Waals surface area contributed by atoms with Gasteiger partial charge in [0.25, 0.3) is 5.56 Å². The summed E-state index contributed by atoms with van der Waals surface area (Å²) in [5, 5.41) is 4.89. The summed E-state index contributed by atoms with van der Waals surface area (Å²) in [4.78, 5) is 14.8. The van der Waals surface area contributed by atoms with Crippen LogP contribution in [-0.4, -0.2) is 41.9 Å². The minimum Gasteiger partial charge on any atom is -0.383 e. The third-order valence-electron chi connectivity index (χ3n) is 4.43. The van der Waals surface area contributed by atoms with E-state index in [0.29, 0.717) is 24.8 Å². The summed E-state index contributed by atoms with van der Waals surface area (Å²) >= 11 is 5.37. The summed E-state index contributed by atoms with van der Waals surface area (Å²) in [6, 6.07) is 8.29. The number of nitrogens with zero attached hydrogens (tertiary/aromatic N) is 2. The molecule has 1 aromatic heterocycles. The number of methoxy groups -OCH3 is 1. The van der Waals surface area contributed by atoms with Gasteiger partial charge in [-0.3, -0.25) is 4.79 Å². The van der Waals surface area contributed by atoms with E-state index >= 15 is 0 Å². The van der Waals surface area contributed by atoms with Gasteiger partial charge in [0.2, 0.25) is 0 Å². The molecule has 6 heteroatoms. The molecular weight excluding hydrogens is 322 g/mol. The Hall–Kier alpha value is -1.92. The van der Waals surface area contributed by atoms with Crippen LogP contribution in [0.25, 0.3) is 10.9 Å². The van der Waals surface area contributed by atoms with Crippen molar-refractivity contribution < 1.29 is 4.74 Å². The highest BCUT2D eigenvalue weighted by Crippen LogP contribution is 2.24. The van der Waals surface area contributed by atoms with Crippen molar-refractivity contribution in [2.45, 2.75) is 25.9 Å². The topological polar surface area (TPSA) is 46.5 Å². The third-order valence-corrected chi connectivity index (χ3v) is 4.89. The van der Waals surface area contributed by atoms with Crippen molar-refractivity contribution in [1.29, 1.82) is 0 Å². The predicted octanol–water partition coefficient (Wildman–Crippen LogP) is 1.90. The smallest absolute Gasteiger partial charge is 0.256 e. The number of hydrogen-bond acceptors (Lipinski definition) is 3. The fraction of sp³-hybridized carbons (Fsp3) is 0.444. The van der Waals surface area contributed by atoms with Gasteiger partial charge in [-0.1, -0.05) is 18.2 Å². The largest absolute Gasteiger partial charge is 0.383 e. The molecule has 0 saturated carbocycles. The van der Waals surface area contributed by atoms with Gasteiger partial charge in [-0.25, -0.2) is 0 Å². The van der Waals surface area contributed by atoms with E-state index in [0.717, 1.165) is 35.9 Å². The van der Waals surface area contributed by atoms with E-state index in [2.05, 4.69) is 23.5 Å². The molecule has 0 bridgehead atoms. The van der Waals surface area contributed by atoms with Crippen LogP contribution in [0.5, 0.6) is 0 Å². The third kappa shape index (κ3) is 3.30. The predicted molar refractivity (Wildman–Crippen MR) is 100 cm³/mol. The fourth-order valence-electron chi connectivity index (χ4n) is 3.26. The fourth-order valence-corrected chi connectivity index (χ4v) is 3.43. The van der Waals surface area contributed by atoms with Crippen LogP contribution in [0.4, 0.5) is 0 Å². The highest BCUT2D eigenvalue weighted by molar-refractivity contribution is 7.80. The van der Waals surface area contributed by atoms with E-state index in [9.17, 15) is 4.79 Å². The van der Waals surface area contributed by atoms with Gasteiger partial charge in [-0.2, -0.15) is 0 Å². The normalized spacial score (nSPS) is 13.1. The molecule has 1 aliphatic heterocycles. The van der Waals surface area contributed by atoms with Crippen LogP contribution >= 0.6 is 12.2 Å². The zero-order valence-electron chi connectivity index (χ0n) is 14.2. The van der Waals surface area contributed by atoms with Crippen LogP contribution in [0.15, 0.2) is 29.1 Å². The maximum Gasteiger partial charge on any atom is 0.256 e. The molecular formula is C18H23N3O2S. The zero-order valence-corrected chi connectivity index (χ0v) is 15.0. The number of aromatic nitrogens is 1. The number of nitrogens with one attached hydrogen (secondary N) is 1. The molecule has 0 unspecified atom stereocenters. The minimum absolute atomic E-state index is 0.0983. The molecule has 128 valence electrons. The molecule has 0 atom stereocenters. The number of pyridine rings is 1. The first-order valence-electron chi connectivity index (χ1n) is 8.24. The van der Waals surface area contributed by atoms with Gasteiger partial charge < -0.3 is 19.5 Å². The van der Waals surface area contributed by atoms with Gasteiger partial charge in [-0.05, 0) is 42.1 Å². The zero-order chi connectivity index (χ0) is 17.1. The van der Waals surface area contributed by atoms with Crippen LogP contribution < -0.4 is 10.9 Å². The molecule has 0 aliphatic carbocycles. The Morgan fingerprint density at radius 2 is 2.29 bits per heavy atom. The first-order valence-corrected chi connectivity index (χ1v) is 8.65. The Morgan fingerprint density at radius 1 is 1.46 bits per heavy atom. The van der Waals surface area contributed by atoms with Crippen molar-refractivity contribution in [3.05, 3.63) is 45.7 Å². The summed E-state index contributed by atoms with van der Waals surface area (Å²) in [6.07, 6.45) is 2.06. The van der Waals surface area contributed by atoms with Gasteiger partial charge in [0.15, 0.2) is 5.11 Å². The number of aryl methyl sites for hydroxylation is 2. The van der Waals surface area contributed by atoms with Crippen molar-refractivity contribution in [3.63, 3.8) is 0 Å². The molecule has 24 heavy (non-hydrogen) atoms. The van der Waals surface area contributed by atoms with Gasteiger partial charge in [-0.15, -0.1) is 0 Å². The number of ether oxygens (including phenoxy) is 1. The molecule has 0 radical (unpaired) electrons. The lowest BCUT2D eigenvalue weighted by Gasteiger charge is -2.23. The van der Waals surface area contributed by atoms with Crippen LogP contribution in [0.1, 0.15) is 17.5 Å². The van der Waals surface area contributed by atoms with E-state index in [1.807, 2.05) is 22.6 Å². The second-order valence-corrected chi connectivity index (χ2v) is 6.55. The summed E-state index contributed by atoms with van der Waals surface area (Å²) in [7, 11) is 3.56. The number of benzene rings is 1. The Bertz CT molecular complexity index is 816. The highest BCUT2D eigenvalue weighted by atomic mass is 32.1. The van der Waals surface area contributed by atoms with Crippen LogP contribution in [-0.2, 0) is 24.2 Å². The molecule has 0 amide bonds. The van der Waals surface area contributed by atoms with Gasteiger partial charge in [0, 0.05) is 32.8 Å². The lowest BCUT2D eigenvalue weighted by atomic mass is 10.00. The van der Waals surface area contributed by atoms with E-state index in [1.165, 1.54) is 5.56 Å². The minimum atomic E-state index is 0.0983. The molecule has 1 aromatic carbocycles. The number of hydrogen-bond donors (Lipinski definition) is 1.